The summed E-state index contributed by atoms with van der Waals surface area (Å²) in [6, 6.07) is 15.0. The van der Waals surface area contributed by atoms with Crippen LogP contribution in [-0.4, -0.2) is 14.5 Å². The first-order chi connectivity index (χ1) is 12.3. The van der Waals surface area contributed by atoms with Crippen LogP contribution in [0.25, 0.3) is 21.9 Å². The zero-order valence-electron chi connectivity index (χ0n) is 14.1. The summed E-state index contributed by atoms with van der Waals surface area (Å²) < 4.78 is 3.70. The monoisotopic (exact) mass is 393 g/mol. The molecule has 1 aliphatic carbocycles. The van der Waals surface area contributed by atoms with Gasteiger partial charge in [-0.3, -0.25) is 0 Å². The number of fused-ring (bicyclic) bond motifs is 4. The van der Waals surface area contributed by atoms with Crippen molar-refractivity contribution in [1.29, 1.82) is 0 Å². The van der Waals surface area contributed by atoms with Gasteiger partial charge in [0.25, 0.3) is 0 Å². The number of nitrogens with one attached hydrogen (secondary N) is 1. The summed E-state index contributed by atoms with van der Waals surface area (Å²) in [7, 11) is 0. The highest BCUT2D eigenvalue weighted by Gasteiger charge is 2.20. The molecule has 3 nitrogen and oxygen atoms in total. The second-order valence-electron chi connectivity index (χ2n) is 6.90. The Kier molecular flexibility index (Phi) is 3.66. The van der Waals surface area contributed by atoms with E-state index in [2.05, 4.69) is 61.9 Å². The van der Waals surface area contributed by atoms with Gasteiger partial charge in [-0.1, -0.05) is 28.1 Å². The number of benzene rings is 2. The molecule has 4 heteroatoms. The number of nitrogens with zero attached hydrogens (tertiary/aromatic N) is 2. The molecule has 0 atom stereocenters. The van der Waals surface area contributed by atoms with Crippen LogP contribution in [0.4, 0.5) is 0 Å². The normalized spacial score (nSPS) is 14.3. The molecular weight excluding hydrogens is 374 g/mol. The standard InChI is InChI=1S/C21H20BrN3/c22-14-9-10-20-16(13-14)15-5-1-4-8-19(15)25(20)12-11-21-23-17-6-2-3-7-18(17)24-21/h2-3,6-7,9-10,13H,1,4-5,8,11-12H2,(H,23,24). The molecule has 0 spiro atoms. The number of hydrogen-bond acceptors (Lipinski definition) is 1. The van der Waals surface area contributed by atoms with Gasteiger partial charge in [-0.05, 0) is 61.6 Å². The largest absolute Gasteiger partial charge is 0.344 e. The van der Waals surface area contributed by atoms with E-state index in [-0.39, 0.29) is 0 Å². The number of rotatable bonds is 3. The SMILES string of the molecule is Brc1ccc2c(c1)c1c(n2CCc2nc3ccccc3[nH]2)CCCC1. The molecule has 0 aliphatic heterocycles. The van der Waals surface area contributed by atoms with E-state index in [0.29, 0.717) is 0 Å². The lowest BCUT2D eigenvalue weighted by molar-refractivity contribution is 0.607. The van der Waals surface area contributed by atoms with Crippen molar-refractivity contribution in [2.45, 2.75) is 38.6 Å². The number of hydrogen-bond donors (Lipinski definition) is 1. The van der Waals surface area contributed by atoms with Crippen LogP contribution >= 0.6 is 15.9 Å². The third-order valence-electron chi connectivity index (χ3n) is 5.35. The van der Waals surface area contributed by atoms with Gasteiger partial charge >= 0.3 is 0 Å². The van der Waals surface area contributed by atoms with E-state index >= 15 is 0 Å². The molecule has 5 rings (SSSR count). The first-order valence-electron chi connectivity index (χ1n) is 9.03. The zero-order chi connectivity index (χ0) is 16.8. The maximum atomic E-state index is 4.74. The number of H-pyrrole nitrogens is 1. The summed E-state index contributed by atoms with van der Waals surface area (Å²) in [4.78, 5) is 8.21. The van der Waals surface area contributed by atoms with Gasteiger partial charge in [-0.25, -0.2) is 4.98 Å². The first kappa shape index (κ1) is 15.2. The summed E-state index contributed by atoms with van der Waals surface area (Å²) in [5.41, 5.74) is 6.65. The highest BCUT2D eigenvalue weighted by molar-refractivity contribution is 9.10. The average Bonchev–Trinajstić information content (AvgIpc) is 3.18. The first-order valence-corrected chi connectivity index (χ1v) is 9.82. The Morgan fingerprint density at radius 2 is 1.96 bits per heavy atom. The molecule has 0 amide bonds. The molecule has 0 radical (unpaired) electrons. The highest BCUT2D eigenvalue weighted by Crippen LogP contribution is 2.34. The minimum Gasteiger partial charge on any atom is -0.344 e. The predicted octanol–water partition coefficient (Wildman–Crippen LogP) is 5.40. The van der Waals surface area contributed by atoms with E-state index in [4.69, 9.17) is 4.98 Å². The maximum Gasteiger partial charge on any atom is 0.109 e. The van der Waals surface area contributed by atoms with Gasteiger partial charge in [-0.2, -0.15) is 0 Å². The molecule has 4 aromatic rings. The van der Waals surface area contributed by atoms with Crippen LogP contribution in [0.2, 0.25) is 0 Å². The van der Waals surface area contributed by atoms with Crippen molar-refractivity contribution < 1.29 is 0 Å². The highest BCUT2D eigenvalue weighted by atomic mass is 79.9. The van der Waals surface area contributed by atoms with Crippen molar-refractivity contribution in [3.8, 4) is 0 Å². The molecule has 0 saturated heterocycles. The van der Waals surface area contributed by atoms with Gasteiger partial charge in [0.15, 0.2) is 0 Å². The molecule has 1 aliphatic rings. The summed E-state index contributed by atoms with van der Waals surface area (Å²) in [5, 5.41) is 1.42. The number of aromatic amines is 1. The molecular formula is C21H20BrN3. The molecule has 1 N–H and O–H groups in total. The van der Waals surface area contributed by atoms with Gasteiger partial charge in [-0.15, -0.1) is 0 Å². The summed E-state index contributed by atoms with van der Waals surface area (Å²) in [5.74, 6) is 1.07. The Morgan fingerprint density at radius 3 is 2.88 bits per heavy atom. The number of halogens is 1. The molecule has 0 unspecified atom stereocenters. The van der Waals surface area contributed by atoms with Crippen LogP contribution in [0.15, 0.2) is 46.9 Å². The quantitative estimate of drug-likeness (QED) is 0.496. The van der Waals surface area contributed by atoms with Crippen LogP contribution in [0.1, 0.15) is 29.9 Å². The maximum absolute atomic E-state index is 4.74. The van der Waals surface area contributed by atoms with Crippen molar-refractivity contribution >= 4 is 37.9 Å². The van der Waals surface area contributed by atoms with Gasteiger partial charge in [0, 0.05) is 34.0 Å². The second-order valence-corrected chi connectivity index (χ2v) is 7.81. The van der Waals surface area contributed by atoms with Gasteiger partial charge in [0.1, 0.15) is 5.82 Å². The van der Waals surface area contributed by atoms with E-state index in [1.807, 2.05) is 6.07 Å². The lowest BCUT2D eigenvalue weighted by atomic mass is 9.95. The fourth-order valence-electron chi connectivity index (χ4n) is 4.21. The van der Waals surface area contributed by atoms with E-state index in [1.54, 1.807) is 5.56 Å². The Labute approximate surface area is 155 Å². The Balaban J connectivity index is 1.53. The van der Waals surface area contributed by atoms with Crippen LogP contribution in [0.3, 0.4) is 0 Å². The van der Waals surface area contributed by atoms with Crippen molar-refractivity contribution in [2.24, 2.45) is 0 Å². The van der Waals surface area contributed by atoms with Crippen LogP contribution < -0.4 is 0 Å². The predicted molar refractivity (Wildman–Crippen MR) is 106 cm³/mol. The molecule has 0 bridgehead atoms. The number of imidazole rings is 1. The molecule has 2 aromatic carbocycles. The topological polar surface area (TPSA) is 33.6 Å². The van der Waals surface area contributed by atoms with E-state index in [9.17, 15) is 0 Å². The number of aryl methyl sites for hydroxylation is 3. The van der Waals surface area contributed by atoms with E-state index in [0.717, 1.165) is 29.8 Å². The minimum atomic E-state index is 0.932. The van der Waals surface area contributed by atoms with Gasteiger partial charge in [0.05, 0.1) is 11.0 Å². The summed E-state index contributed by atoms with van der Waals surface area (Å²) in [6.07, 6.45) is 5.94. The number of aromatic nitrogens is 3. The lowest BCUT2D eigenvalue weighted by Gasteiger charge is -2.15. The van der Waals surface area contributed by atoms with Crippen molar-refractivity contribution in [3.05, 3.63) is 64.0 Å². The second kappa shape index (κ2) is 6.03. The Bertz CT molecular complexity index is 1040. The minimum absolute atomic E-state index is 0.932. The summed E-state index contributed by atoms with van der Waals surface area (Å²) in [6.45, 7) is 0.979. The van der Waals surface area contributed by atoms with Crippen LogP contribution in [0, 0.1) is 0 Å². The molecule has 2 aromatic heterocycles. The third kappa shape index (κ3) is 2.60. The third-order valence-corrected chi connectivity index (χ3v) is 5.84. The van der Waals surface area contributed by atoms with Crippen LogP contribution in [-0.2, 0) is 25.8 Å². The molecule has 0 fully saturated rings. The smallest absolute Gasteiger partial charge is 0.109 e. The molecule has 2 heterocycles. The fraction of sp³-hybridized carbons (Fsp3) is 0.286. The van der Waals surface area contributed by atoms with Gasteiger partial charge in [0.2, 0.25) is 0 Å². The molecule has 0 saturated carbocycles. The van der Waals surface area contributed by atoms with Crippen molar-refractivity contribution in [2.75, 3.05) is 0 Å². The van der Waals surface area contributed by atoms with Crippen molar-refractivity contribution in [3.63, 3.8) is 0 Å². The lowest BCUT2D eigenvalue weighted by Crippen LogP contribution is -2.10. The van der Waals surface area contributed by atoms with Gasteiger partial charge < -0.3 is 9.55 Å². The fourth-order valence-corrected chi connectivity index (χ4v) is 4.57. The molecule has 126 valence electrons. The van der Waals surface area contributed by atoms with E-state index < -0.39 is 0 Å². The molecule has 25 heavy (non-hydrogen) atoms. The Hall–Kier alpha value is -2.07. The van der Waals surface area contributed by atoms with E-state index in [1.165, 1.54) is 46.8 Å². The number of para-hydroxylation sites is 2. The van der Waals surface area contributed by atoms with Crippen molar-refractivity contribution in [1.82, 2.24) is 14.5 Å². The Morgan fingerprint density at radius 1 is 1.08 bits per heavy atom. The van der Waals surface area contributed by atoms with Crippen LogP contribution in [0.5, 0.6) is 0 Å². The zero-order valence-corrected chi connectivity index (χ0v) is 15.6. The summed E-state index contributed by atoms with van der Waals surface area (Å²) >= 11 is 3.64. The average molecular weight is 394 g/mol.